The van der Waals surface area contributed by atoms with Crippen molar-refractivity contribution in [2.75, 3.05) is 0 Å². The lowest BCUT2D eigenvalue weighted by atomic mass is 10.0. The number of Topliss-reactive ketones (excluding diaryl/α,β-unsaturated/α-hetero) is 1. The zero-order valence-electron chi connectivity index (χ0n) is 12.2. The maximum Gasteiger partial charge on any atom is 0.159 e. The lowest BCUT2D eigenvalue weighted by Gasteiger charge is -2.05. The van der Waals surface area contributed by atoms with Gasteiger partial charge in [-0.15, -0.1) is 0 Å². The van der Waals surface area contributed by atoms with Crippen LogP contribution >= 0.6 is 0 Å². The number of ketones is 1. The molecule has 0 aliphatic rings. The summed E-state index contributed by atoms with van der Waals surface area (Å²) in [6.07, 6.45) is 1.02. The van der Waals surface area contributed by atoms with E-state index in [0.29, 0.717) is 11.1 Å². The molecule has 3 aromatic rings. The molecule has 0 radical (unpaired) electrons. The zero-order valence-corrected chi connectivity index (χ0v) is 12.2. The second-order valence-corrected chi connectivity index (χ2v) is 5.25. The molecule has 0 unspecified atom stereocenters. The predicted octanol–water partition coefficient (Wildman–Crippen LogP) is 4.28. The second-order valence-electron chi connectivity index (χ2n) is 5.25. The number of nitriles is 1. The second kappa shape index (κ2) is 5.06. The highest BCUT2D eigenvalue weighted by Gasteiger charge is 2.14. The highest BCUT2D eigenvalue weighted by Crippen LogP contribution is 2.32. The number of benzene rings is 2. The van der Waals surface area contributed by atoms with Crippen LogP contribution in [0, 0.1) is 11.3 Å². The summed E-state index contributed by atoms with van der Waals surface area (Å²) in [7, 11) is 0. The van der Waals surface area contributed by atoms with E-state index in [1.54, 1.807) is 6.92 Å². The molecule has 2 aromatic carbocycles. The fourth-order valence-electron chi connectivity index (χ4n) is 2.93. The van der Waals surface area contributed by atoms with Gasteiger partial charge in [0.2, 0.25) is 0 Å². The average Bonchev–Trinajstić information content (AvgIpc) is 2.81. The van der Waals surface area contributed by atoms with E-state index in [4.69, 9.17) is 0 Å². The molecular weight excluding hydrogens is 260 g/mol. The molecule has 21 heavy (non-hydrogen) atoms. The lowest BCUT2D eigenvalue weighted by Crippen LogP contribution is -1.96. The largest absolute Gasteiger partial charge is 0.340 e. The van der Waals surface area contributed by atoms with Crippen LogP contribution in [0.15, 0.2) is 36.4 Å². The summed E-state index contributed by atoms with van der Waals surface area (Å²) >= 11 is 0. The first-order valence-electron chi connectivity index (χ1n) is 7.13. The monoisotopic (exact) mass is 276 g/mol. The predicted molar refractivity (Wildman–Crippen MR) is 84.5 cm³/mol. The van der Waals surface area contributed by atoms with Gasteiger partial charge in [0, 0.05) is 28.4 Å². The molecule has 0 saturated carbocycles. The quantitative estimate of drug-likeness (QED) is 0.670. The van der Waals surface area contributed by atoms with Crippen LogP contribution in [-0.2, 0) is 6.54 Å². The van der Waals surface area contributed by atoms with Gasteiger partial charge in [-0.2, -0.15) is 5.26 Å². The first-order valence-corrected chi connectivity index (χ1v) is 7.13. The van der Waals surface area contributed by atoms with Gasteiger partial charge in [0.05, 0.1) is 17.1 Å². The van der Waals surface area contributed by atoms with Gasteiger partial charge in [-0.05, 0) is 43.7 Å². The minimum atomic E-state index is 0.0442. The fourth-order valence-corrected chi connectivity index (χ4v) is 2.93. The molecule has 104 valence electrons. The minimum Gasteiger partial charge on any atom is -0.340 e. The molecule has 1 aromatic heterocycles. The van der Waals surface area contributed by atoms with Crippen LogP contribution in [0.5, 0.6) is 0 Å². The molecule has 3 rings (SSSR count). The summed E-state index contributed by atoms with van der Waals surface area (Å²) < 4.78 is 2.23. The molecule has 3 nitrogen and oxygen atoms in total. The molecule has 0 amide bonds. The molecule has 0 fully saturated rings. The van der Waals surface area contributed by atoms with Gasteiger partial charge in [-0.3, -0.25) is 4.79 Å². The van der Waals surface area contributed by atoms with Crippen LogP contribution in [0.4, 0.5) is 0 Å². The van der Waals surface area contributed by atoms with E-state index >= 15 is 0 Å². The summed E-state index contributed by atoms with van der Waals surface area (Å²) in [4.78, 5) is 11.6. The molecule has 0 spiro atoms. The SMILES string of the molecule is CCCn1c2ccc(C(C)=O)cc2c2c(C#N)cccc21. The topological polar surface area (TPSA) is 45.8 Å². The first kappa shape index (κ1) is 13.4. The summed E-state index contributed by atoms with van der Waals surface area (Å²) in [5, 5.41) is 11.3. The average molecular weight is 276 g/mol. The summed E-state index contributed by atoms with van der Waals surface area (Å²) in [5.41, 5.74) is 3.49. The maximum atomic E-state index is 11.6. The number of nitrogens with zero attached hydrogens (tertiary/aromatic N) is 2. The Bertz CT molecular complexity index is 897. The number of carbonyl (C=O) groups excluding carboxylic acids is 1. The van der Waals surface area contributed by atoms with Crippen molar-refractivity contribution in [3.05, 3.63) is 47.5 Å². The van der Waals surface area contributed by atoms with Crippen LogP contribution in [0.1, 0.15) is 36.2 Å². The molecule has 0 aliphatic heterocycles. The van der Waals surface area contributed by atoms with Gasteiger partial charge in [0.25, 0.3) is 0 Å². The van der Waals surface area contributed by atoms with Crippen molar-refractivity contribution in [3.8, 4) is 6.07 Å². The first-order chi connectivity index (χ1) is 10.2. The number of rotatable bonds is 3. The third kappa shape index (κ3) is 2.00. The molecule has 1 heterocycles. The molecule has 0 N–H and O–H groups in total. The van der Waals surface area contributed by atoms with Crippen LogP contribution in [-0.4, -0.2) is 10.4 Å². The third-order valence-electron chi connectivity index (χ3n) is 3.86. The zero-order chi connectivity index (χ0) is 15.0. The normalized spacial score (nSPS) is 10.9. The van der Waals surface area contributed by atoms with E-state index in [9.17, 15) is 10.1 Å². The molecule has 0 saturated heterocycles. The lowest BCUT2D eigenvalue weighted by molar-refractivity contribution is 0.101. The summed E-state index contributed by atoms with van der Waals surface area (Å²) in [5.74, 6) is 0.0442. The van der Waals surface area contributed by atoms with Crippen LogP contribution in [0.2, 0.25) is 0 Å². The van der Waals surface area contributed by atoms with Crippen LogP contribution < -0.4 is 0 Å². The van der Waals surface area contributed by atoms with E-state index in [-0.39, 0.29) is 5.78 Å². The van der Waals surface area contributed by atoms with Crippen LogP contribution in [0.3, 0.4) is 0 Å². The Labute approximate surface area is 123 Å². The summed E-state index contributed by atoms with van der Waals surface area (Å²) in [6.45, 7) is 4.60. The molecule has 0 aliphatic carbocycles. The van der Waals surface area contributed by atoms with E-state index in [0.717, 1.165) is 34.8 Å². The Kier molecular flexibility index (Phi) is 3.23. The standard InChI is InChI=1S/C18H16N2O/c1-3-9-20-16-8-7-13(12(2)21)10-15(16)18-14(11-19)5-4-6-17(18)20/h4-8,10H,3,9H2,1-2H3. The maximum absolute atomic E-state index is 11.6. The number of aryl methyl sites for hydroxylation is 1. The number of carbonyl (C=O) groups is 1. The number of hydrogen-bond acceptors (Lipinski definition) is 2. The van der Waals surface area contributed by atoms with Crippen molar-refractivity contribution >= 4 is 27.6 Å². The third-order valence-corrected chi connectivity index (χ3v) is 3.86. The number of fused-ring (bicyclic) bond motifs is 3. The molecule has 0 atom stereocenters. The highest BCUT2D eigenvalue weighted by molar-refractivity contribution is 6.12. The Hall–Kier alpha value is -2.60. The Balaban J connectivity index is 2.50. The fraction of sp³-hybridized carbons (Fsp3) is 0.222. The van der Waals surface area contributed by atoms with Gasteiger partial charge in [0.15, 0.2) is 5.78 Å². The van der Waals surface area contributed by atoms with Gasteiger partial charge >= 0.3 is 0 Å². The Morgan fingerprint density at radius 3 is 2.71 bits per heavy atom. The van der Waals surface area contributed by atoms with Crippen LogP contribution in [0.25, 0.3) is 21.8 Å². The Morgan fingerprint density at radius 1 is 1.24 bits per heavy atom. The molecule has 0 bridgehead atoms. The van der Waals surface area contributed by atoms with Crippen molar-refractivity contribution in [2.45, 2.75) is 26.8 Å². The van der Waals surface area contributed by atoms with Gasteiger partial charge < -0.3 is 4.57 Å². The van der Waals surface area contributed by atoms with Crippen molar-refractivity contribution < 1.29 is 4.79 Å². The van der Waals surface area contributed by atoms with Gasteiger partial charge in [0.1, 0.15) is 0 Å². The van der Waals surface area contributed by atoms with Crippen molar-refractivity contribution in [1.29, 1.82) is 5.26 Å². The van der Waals surface area contributed by atoms with Gasteiger partial charge in [-0.25, -0.2) is 0 Å². The van der Waals surface area contributed by atoms with Crippen molar-refractivity contribution in [3.63, 3.8) is 0 Å². The highest BCUT2D eigenvalue weighted by atomic mass is 16.1. The van der Waals surface area contributed by atoms with Crippen molar-refractivity contribution in [2.24, 2.45) is 0 Å². The van der Waals surface area contributed by atoms with E-state index in [1.807, 2.05) is 36.4 Å². The number of hydrogen-bond donors (Lipinski definition) is 0. The van der Waals surface area contributed by atoms with E-state index in [1.165, 1.54) is 0 Å². The van der Waals surface area contributed by atoms with E-state index < -0.39 is 0 Å². The van der Waals surface area contributed by atoms with Crippen molar-refractivity contribution in [1.82, 2.24) is 4.57 Å². The van der Waals surface area contributed by atoms with Gasteiger partial charge in [-0.1, -0.05) is 13.0 Å². The number of aromatic nitrogens is 1. The Morgan fingerprint density at radius 2 is 2.05 bits per heavy atom. The van der Waals surface area contributed by atoms with E-state index in [2.05, 4.69) is 17.6 Å². The molecular formula is C18H16N2O. The molecule has 3 heteroatoms. The smallest absolute Gasteiger partial charge is 0.159 e. The summed E-state index contributed by atoms with van der Waals surface area (Å²) in [6, 6.07) is 13.8. The minimum absolute atomic E-state index is 0.0442.